The molecule has 4 aromatic rings. The van der Waals surface area contributed by atoms with E-state index < -0.39 is 0 Å². The van der Waals surface area contributed by atoms with Gasteiger partial charge in [-0.2, -0.15) is 15.3 Å². The van der Waals surface area contributed by atoms with Crippen molar-refractivity contribution < 1.29 is 0 Å². The summed E-state index contributed by atoms with van der Waals surface area (Å²) in [5, 5.41) is 16.3. The van der Waals surface area contributed by atoms with Gasteiger partial charge in [0.25, 0.3) is 0 Å². The first-order chi connectivity index (χ1) is 13.6. The van der Waals surface area contributed by atoms with Gasteiger partial charge in [0.2, 0.25) is 6.54 Å². The van der Waals surface area contributed by atoms with Gasteiger partial charge in [0.15, 0.2) is 11.4 Å². The molecular formula is C18H18N10. The highest BCUT2D eigenvalue weighted by molar-refractivity contribution is 5.83. The van der Waals surface area contributed by atoms with Gasteiger partial charge in [0, 0.05) is 38.1 Å². The Kier molecular flexibility index (Phi) is 3.47. The van der Waals surface area contributed by atoms with Crippen LogP contribution in [0.5, 0.6) is 0 Å². The topological polar surface area (TPSA) is 108 Å². The quantitative estimate of drug-likeness (QED) is 0.512. The number of nitrogens with zero attached hydrogens (tertiary/aromatic N) is 8. The lowest BCUT2D eigenvalue weighted by Gasteiger charge is -2.38. The van der Waals surface area contributed by atoms with Crippen LogP contribution in [0.4, 0.5) is 5.82 Å². The largest absolute Gasteiger partial charge is 0.382 e. The Morgan fingerprint density at radius 2 is 2.14 bits per heavy atom. The van der Waals surface area contributed by atoms with Gasteiger partial charge >= 0.3 is 0 Å². The highest BCUT2D eigenvalue weighted by Gasteiger charge is 2.43. The zero-order valence-corrected chi connectivity index (χ0v) is 15.2. The van der Waals surface area contributed by atoms with Crippen molar-refractivity contribution in [3.05, 3.63) is 48.5 Å². The highest BCUT2D eigenvalue weighted by atomic mass is 15.4. The normalized spacial score (nSPS) is 15.4. The van der Waals surface area contributed by atoms with Crippen LogP contribution < -0.4 is 11.1 Å². The first-order valence-electron chi connectivity index (χ1n) is 8.83. The number of aromatic nitrogens is 7. The van der Waals surface area contributed by atoms with E-state index in [2.05, 4.69) is 25.5 Å². The molecule has 0 amide bonds. The van der Waals surface area contributed by atoms with Crippen LogP contribution in [-0.4, -0.2) is 53.8 Å². The van der Waals surface area contributed by atoms with Gasteiger partial charge in [-0.25, -0.2) is 16.1 Å². The molecule has 0 saturated carbocycles. The lowest BCUT2D eigenvalue weighted by molar-refractivity contribution is 0.176. The van der Waals surface area contributed by atoms with Crippen molar-refractivity contribution in [1.29, 1.82) is 0 Å². The SMILES string of the molecule is [C-]#[N+]CC1(n2cc(-c3nc(-c4cnn(C)c4)cn4nccc34)c(N)n2)CNC1. The molecule has 0 aromatic carbocycles. The van der Waals surface area contributed by atoms with Crippen LogP contribution in [0, 0.1) is 6.57 Å². The van der Waals surface area contributed by atoms with Crippen molar-refractivity contribution in [3.8, 4) is 22.5 Å². The molecule has 1 saturated heterocycles. The summed E-state index contributed by atoms with van der Waals surface area (Å²) in [6, 6.07) is 1.89. The predicted octanol–water partition coefficient (Wildman–Crippen LogP) is 0.793. The Labute approximate surface area is 160 Å². The maximum atomic E-state index is 7.27. The second-order valence-corrected chi connectivity index (χ2v) is 7.06. The van der Waals surface area contributed by atoms with Crippen LogP contribution in [-0.2, 0) is 12.6 Å². The summed E-state index contributed by atoms with van der Waals surface area (Å²) in [6.45, 7) is 9.02. The minimum Gasteiger partial charge on any atom is -0.382 e. The van der Waals surface area contributed by atoms with E-state index in [0.717, 1.165) is 22.3 Å². The molecule has 1 aliphatic heterocycles. The first-order valence-corrected chi connectivity index (χ1v) is 8.83. The molecule has 5 rings (SSSR count). The van der Waals surface area contributed by atoms with Gasteiger partial charge in [-0.15, -0.1) is 0 Å². The minimum absolute atomic E-state index is 0.353. The van der Waals surface area contributed by atoms with E-state index in [0.29, 0.717) is 31.1 Å². The van der Waals surface area contributed by atoms with Crippen LogP contribution in [0.15, 0.2) is 37.1 Å². The molecule has 140 valence electrons. The lowest BCUT2D eigenvalue weighted by Crippen LogP contribution is -2.62. The third-order valence-corrected chi connectivity index (χ3v) is 5.16. The van der Waals surface area contributed by atoms with E-state index in [1.807, 2.05) is 36.4 Å². The summed E-state index contributed by atoms with van der Waals surface area (Å²) in [4.78, 5) is 8.43. The number of nitrogens with one attached hydrogen (secondary N) is 1. The van der Waals surface area contributed by atoms with Crippen molar-refractivity contribution in [1.82, 2.24) is 39.5 Å². The second kappa shape index (κ2) is 5.90. The minimum atomic E-state index is -0.356. The molecule has 0 radical (unpaired) electrons. The van der Waals surface area contributed by atoms with Crippen LogP contribution >= 0.6 is 0 Å². The smallest absolute Gasteiger partial charge is 0.242 e. The number of fused-ring (bicyclic) bond motifs is 1. The molecule has 5 heterocycles. The van der Waals surface area contributed by atoms with E-state index in [1.54, 1.807) is 21.6 Å². The molecule has 4 aromatic heterocycles. The molecule has 0 aliphatic carbocycles. The van der Waals surface area contributed by atoms with E-state index in [1.165, 1.54) is 0 Å². The zero-order chi connectivity index (χ0) is 19.3. The van der Waals surface area contributed by atoms with Crippen molar-refractivity contribution in [2.45, 2.75) is 5.54 Å². The molecule has 0 atom stereocenters. The third-order valence-electron chi connectivity index (χ3n) is 5.16. The fourth-order valence-corrected chi connectivity index (χ4v) is 3.54. The Balaban J connectivity index is 1.67. The van der Waals surface area contributed by atoms with Gasteiger partial charge < -0.3 is 15.9 Å². The fourth-order valence-electron chi connectivity index (χ4n) is 3.54. The summed E-state index contributed by atoms with van der Waals surface area (Å²) in [7, 11) is 1.86. The van der Waals surface area contributed by atoms with Crippen molar-refractivity contribution in [3.63, 3.8) is 0 Å². The van der Waals surface area contributed by atoms with Crippen molar-refractivity contribution in [2.24, 2.45) is 7.05 Å². The van der Waals surface area contributed by atoms with Gasteiger partial charge in [-0.1, -0.05) is 0 Å². The van der Waals surface area contributed by atoms with Crippen LogP contribution in [0.1, 0.15) is 0 Å². The number of nitrogens with two attached hydrogens (primary N) is 1. The fraction of sp³-hybridized carbons (Fsp3) is 0.278. The number of anilines is 1. The molecule has 0 bridgehead atoms. The first kappa shape index (κ1) is 16.5. The monoisotopic (exact) mass is 374 g/mol. The van der Waals surface area contributed by atoms with Crippen LogP contribution in [0.3, 0.4) is 0 Å². The summed E-state index contributed by atoms with van der Waals surface area (Å²) in [5.74, 6) is 0.384. The molecule has 10 nitrogen and oxygen atoms in total. The molecule has 1 aliphatic rings. The predicted molar refractivity (Wildman–Crippen MR) is 103 cm³/mol. The summed E-state index contributed by atoms with van der Waals surface area (Å²) >= 11 is 0. The Hall–Kier alpha value is -3.71. The average molecular weight is 374 g/mol. The molecule has 3 N–H and O–H groups in total. The van der Waals surface area contributed by atoms with Crippen molar-refractivity contribution >= 4 is 11.3 Å². The lowest BCUT2D eigenvalue weighted by atomic mass is 9.93. The average Bonchev–Trinajstić information content (AvgIpc) is 3.37. The third kappa shape index (κ3) is 2.37. The number of rotatable bonds is 4. The zero-order valence-electron chi connectivity index (χ0n) is 15.2. The van der Waals surface area contributed by atoms with E-state index in [9.17, 15) is 0 Å². The standard InChI is InChI=1S/C18H18N10/c1-20-9-18(10-21-11-18)28-7-13(17(19)25-28)16-15-3-4-22-27(15)8-14(24-16)12-5-23-26(2)6-12/h3-8,21H,9-11H2,2H3,(H2,19,25). The van der Waals surface area contributed by atoms with Crippen LogP contribution in [0.25, 0.3) is 32.9 Å². The molecule has 10 heteroatoms. The van der Waals surface area contributed by atoms with Crippen LogP contribution in [0.2, 0.25) is 0 Å². The van der Waals surface area contributed by atoms with Gasteiger partial charge in [-0.05, 0) is 6.07 Å². The molecule has 0 spiro atoms. The number of aryl methyl sites for hydroxylation is 1. The summed E-state index contributed by atoms with van der Waals surface area (Å²) < 4.78 is 5.33. The summed E-state index contributed by atoms with van der Waals surface area (Å²) in [5.41, 5.74) is 9.83. The van der Waals surface area contributed by atoms with Gasteiger partial charge in [0.1, 0.15) is 5.69 Å². The highest BCUT2D eigenvalue weighted by Crippen LogP contribution is 2.32. The Bertz CT molecular complexity index is 1220. The van der Waals surface area contributed by atoms with Gasteiger partial charge in [-0.3, -0.25) is 9.36 Å². The molecule has 1 fully saturated rings. The molecule has 0 unspecified atom stereocenters. The van der Waals surface area contributed by atoms with Crippen molar-refractivity contribution in [2.75, 3.05) is 25.4 Å². The Morgan fingerprint density at radius 3 is 2.82 bits per heavy atom. The van der Waals surface area contributed by atoms with E-state index in [4.69, 9.17) is 17.3 Å². The number of hydrogen-bond acceptors (Lipinski definition) is 6. The van der Waals surface area contributed by atoms with E-state index in [-0.39, 0.29) is 5.54 Å². The maximum absolute atomic E-state index is 7.27. The Morgan fingerprint density at radius 1 is 1.29 bits per heavy atom. The van der Waals surface area contributed by atoms with E-state index >= 15 is 0 Å². The second-order valence-electron chi connectivity index (χ2n) is 7.06. The number of hydrogen-bond donors (Lipinski definition) is 2. The molecular weight excluding hydrogens is 356 g/mol. The van der Waals surface area contributed by atoms with Gasteiger partial charge in [0.05, 0.1) is 35.4 Å². The number of nitrogen functional groups attached to an aromatic ring is 1. The molecule has 28 heavy (non-hydrogen) atoms. The summed E-state index contributed by atoms with van der Waals surface area (Å²) in [6.07, 6.45) is 9.15. The maximum Gasteiger partial charge on any atom is 0.242 e.